The van der Waals surface area contributed by atoms with Crippen LogP contribution in [0.3, 0.4) is 0 Å². The second kappa shape index (κ2) is 3.54. The standard InChI is InChI=1S/C6H6FNO2S/c7-6-3-1-2-5(8-6)4-11(9)10/h1-3H,4H2,(H,9,10)/p-1. The fourth-order valence-electron chi connectivity index (χ4n) is 0.651. The molecule has 0 saturated heterocycles. The molecule has 0 saturated carbocycles. The number of pyridine rings is 1. The van der Waals surface area contributed by atoms with E-state index in [1.54, 1.807) is 0 Å². The van der Waals surface area contributed by atoms with Crippen molar-refractivity contribution in [1.29, 1.82) is 0 Å². The van der Waals surface area contributed by atoms with E-state index >= 15 is 0 Å². The Hall–Kier alpha value is -0.810. The Morgan fingerprint density at radius 3 is 2.91 bits per heavy atom. The molecular formula is C6H5FNO2S-. The van der Waals surface area contributed by atoms with E-state index in [9.17, 15) is 13.2 Å². The molecule has 0 aromatic carbocycles. The summed E-state index contributed by atoms with van der Waals surface area (Å²) in [6.45, 7) is 0. The predicted octanol–water partition coefficient (Wildman–Crippen LogP) is 0.600. The van der Waals surface area contributed by atoms with Gasteiger partial charge in [0.25, 0.3) is 0 Å². The first-order valence-corrected chi connectivity index (χ1v) is 4.10. The maximum absolute atomic E-state index is 12.3. The fourth-order valence-corrected chi connectivity index (χ4v) is 1.05. The average molecular weight is 174 g/mol. The van der Waals surface area contributed by atoms with Crippen LogP contribution >= 0.6 is 0 Å². The second-order valence-electron chi connectivity index (χ2n) is 1.90. The molecule has 0 amide bonds. The highest BCUT2D eigenvalue weighted by Crippen LogP contribution is 1.99. The van der Waals surface area contributed by atoms with Crippen molar-refractivity contribution in [2.24, 2.45) is 0 Å². The van der Waals surface area contributed by atoms with Gasteiger partial charge in [-0.05, 0) is 23.2 Å². The van der Waals surface area contributed by atoms with Crippen LogP contribution in [0.4, 0.5) is 4.39 Å². The Morgan fingerprint density at radius 2 is 2.36 bits per heavy atom. The van der Waals surface area contributed by atoms with Gasteiger partial charge in [0.2, 0.25) is 5.95 Å². The molecule has 1 heterocycles. The molecule has 0 aliphatic heterocycles. The van der Waals surface area contributed by atoms with Gasteiger partial charge in [0.15, 0.2) is 0 Å². The Bertz CT molecular complexity index is 279. The van der Waals surface area contributed by atoms with Crippen LogP contribution in [-0.2, 0) is 16.8 Å². The van der Waals surface area contributed by atoms with Crippen LogP contribution in [0, 0.1) is 5.95 Å². The lowest BCUT2D eigenvalue weighted by atomic mass is 10.4. The molecule has 60 valence electrons. The molecule has 0 fully saturated rings. The summed E-state index contributed by atoms with van der Waals surface area (Å²) in [6.07, 6.45) is 0. The second-order valence-corrected chi connectivity index (χ2v) is 2.80. The predicted molar refractivity (Wildman–Crippen MR) is 36.8 cm³/mol. The molecule has 1 unspecified atom stereocenters. The normalized spacial score (nSPS) is 12.9. The summed E-state index contributed by atoms with van der Waals surface area (Å²) < 4.78 is 32.5. The summed E-state index contributed by atoms with van der Waals surface area (Å²) >= 11 is -2.20. The molecule has 1 atom stereocenters. The monoisotopic (exact) mass is 174 g/mol. The zero-order valence-electron chi connectivity index (χ0n) is 5.49. The van der Waals surface area contributed by atoms with Crippen molar-refractivity contribution in [3.05, 3.63) is 29.8 Å². The number of hydrogen-bond donors (Lipinski definition) is 0. The molecule has 0 bridgehead atoms. The Morgan fingerprint density at radius 1 is 1.64 bits per heavy atom. The van der Waals surface area contributed by atoms with Crippen LogP contribution in [0.2, 0.25) is 0 Å². The smallest absolute Gasteiger partial charge is 0.213 e. The van der Waals surface area contributed by atoms with Gasteiger partial charge < -0.3 is 4.55 Å². The summed E-state index contributed by atoms with van der Waals surface area (Å²) in [5.41, 5.74) is 0.221. The summed E-state index contributed by atoms with van der Waals surface area (Å²) in [6, 6.07) is 4.04. The number of aromatic nitrogens is 1. The van der Waals surface area contributed by atoms with Gasteiger partial charge in [-0.1, -0.05) is 6.07 Å². The van der Waals surface area contributed by atoms with E-state index in [1.165, 1.54) is 12.1 Å². The van der Waals surface area contributed by atoms with Gasteiger partial charge in [-0.2, -0.15) is 4.39 Å². The van der Waals surface area contributed by atoms with E-state index in [0.29, 0.717) is 0 Å². The van der Waals surface area contributed by atoms with E-state index in [0.717, 1.165) is 6.07 Å². The van der Waals surface area contributed by atoms with Crippen molar-refractivity contribution in [3.8, 4) is 0 Å². The summed E-state index contributed by atoms with van der Waals surface area (Å²) in [7, 11) is 0. The van der Waals surface area contributed by atoms with Gasteiger partial charge in [-0.3, -0.25) is 4.21 Å². The van der Waals surface area contributed by atoms with Crippen molar-refractivity contribution in [2.45, 2.75) is 5.75 Å². The maximum atomic E-state index is 12.3. The summed E-state index contributed by atoms with van der Waals surface area (Å²) in [4.78, 5) is 3.35. The van der Waals surface area contributed by atoms with Crippen LogP contribution in [0.15, 0.2) is 18.2 Å². The third-order valence-corrected chi connectivity index (χ3v) is 1.57. The van der Waals surface area contributed by atoms with E-state index in [1.807, 2.05) is 0 Å². The van der Waals surface area contributed by atoms with E-state index < -0.39 is 17.0 Å². The van der Waals surface area contributed by atoms with Crippen molar-refractivity contribution in [2.75, 3.05) is 0 Å². The minimum absolute atomic E-state index is 0.221. The highest BCUT2D eigenvalue weighted by molar-refractivity contribution is 7.78. The van der Waals surface area contributed by atoms with E-state index in [2.05, 4.69) is 4.98 Å². The minimum atomic E-state index is -2.20. The van der Waals surface area contributed by atoms with E-state index in [4.69, 9.17) is 0 Å². The Balaban J connectivity index is 2.79. The molecule has 0 aliphatic carbocycles. The van der Waals surface area contributed by atoms with Gasteiger partial charge >= 0.3 is 0 Å². The van der Waals surface area contributed by atoms with Gasteiger partial charge in [0.05, 0.1) is 11.4 Å². The molecule has 5 heteroatoms. The van der Waals surface area contributed by atoms with Crippen LogP contribution in [-0.4, -0.2) is 13.7 Å². The zero-order valence-corrected chi connectivity index (χ0v) is 6.31. The van der Waals surface area contributed by atoms with Gasteiger partial charge in [0.1, 0.15) is 0 Å². The SMILES string of the molecule is O=S([O-])Cc1cccc(F)n1. The van der Waals surface area contributed by atoms with Gasteiger partial charge in [-0.25, -0.2) is 4.98 Å². The molecule has 1 rings (SSSR count). The third-order valence-electron chi connectivity index (χ3n) is 1.04. The fraction of sp³-hybridized carbons (Fsp3) is 0.167. The largest absolute Gasteiger partial charge is 0.772 e. The Labute approximate surface area is 65.6 Å². The van der Waals surface area contributed by atoms with Crippen molar-refractivity contribution >= 4 is 11.1 Å². The number of nitrogens with zero attached hydrogens (tertiary/aromatic N) is 1. The molecule has 0 N–H and O–H groups in total. The van der Waals surface area contributed by atoms with Gasteiger partial charge in [0, 0.05) is 0 Å². The highest BCUT2D eigenvalue weighted by atomic mass is 32.2. The molecule has 1 aromatic rings. The lowest BCUT2D eigenvalue weighted by molar-refractivity contribution is 0.534. The maximum Gasteiger partial charge on any atom is 0.213 e. The molecule has 3 nitrogen and oxygen atoms in total. The molecule has 0 aliphatic rings. The molecular weight excluding hydrogens is 169 g/mol. The van der Waals surface area contributed by atoms with E-state index in [-0.39, 0.29) is 11.4 Å². The molecule has 0 spiro atoms. The first kappa shape index (κ1) is 8.29. The quantitative estimate of drug-likeness (QED) is 0.487. The molecule has 1 aromatic heterocycles. The number of rotatable bonds is 2. The summed E-state index contributed by atoms with van der Waals surface area (Å²) in [5.74, 6) is -0.898. The Kier molecular flexibility index (Phi) is 2.67. The van der Waals surface area contributed by atoms with Crippen LogP contribution in [0.25, 0.3) is 0 Å². The average Bonchev–Trinajstić information content (AvgIpc) is 1.85. The molecule has 0 radical (unpaired) electrons. The zero-order chi connectivity index (χ0) is 8.27. The number of hydrogen-bond acceptors (Lipinski definition) is 3. The molecule has 11 heavy (non-hydrogen) atoms. The van der Waals surface area contributed by atoms with Crippen LogP contribution < -0.4 is 0 Å². The number of halogens is 1. The first-order valence-electron chi connectivity index (χ1n) is 2.86. The lowest BCUT2D eigenvalue weighted by Crippen LogP contribution is -1.97. The first-order chi connectivity index (χ1) is 5.18. The topological polar surface area (TPSA) is 53.0 Å². The van der Waals surface area contributed by atoms with Crippen LogP contribution in [0.1, 0.15) is 5.69 Å². The minimum Gasteiger partial charge on any atom is -0.772 e. The summed E-state index contributed by atoms with van der Waals surface area (Å²) in [5, 5.41) is 0. The third kappa shape index (κ3) is 2.73. The lowest BCUT2D eigenvalue weighted by Gasteiger charge is -2.02. The van der Waals surface area contributed by atoms with Gasteiger partial charge in [-0.15, -0.1) is 0 Å². The van der Waals surface area contributed by atoms with Crippen molar-refractivity contribution in [3.63, 3.8) is 0 Å². The van der Waals surface area contributed by atoms with Crippen LogP contribution in [0.5, 0.6) is 0 Å². The van der Waals surface area contributed by atoms with Crippen molar-refractivity contribution < 1.29 is 13.2 Å². The van der Waals surface area contributed by atoms with Crippen molar-refractivity contribution in [1.82, 2.24) is 4.98 Å². The highest BCUT2D eigenvalue weighted by Gasteiger charge is 1.95.